The summed E-state index contributed by atoms with van der Waals surface area (Å²) in [4.78, 5) is 37.2. The van der Waals surface area contributed by atoms with E-state index in [-0.39, 0.29) is 28.6 Å². The predicted molar refractivity (Wildman–Crippen MR) is 382 cm³/mol. The molecule has 0 aliphatic heterocycles. The lowest BCUT2D eigenvalue weighted by Gasteiger charge is -2.09. The molecule has 0 aliphatic rings. The van der Waals surface area contributed by atoms with Gasteiger partial charge in [0.1, 0.15) is 11.6 Å². The number of benzene rings is 9. The van der Waals surface area contributed by atoms with Crippen molar-refractivity contribution in [3.8, 4) is 56.4 Å². The Labute approximate surface area is 567 Å². The average Bonchev–Trinajstić information content (AvgIpc) is 1.07. The van der Waals surface area contributed by atoms with Crippen molar-refractivity contribution in [3.63, 3.8) is 0 Å². The minimum absolute atomic E-state index is 0.0285. The molecule has 0 saturated heterocycles. The predicted octanol–water partition coefficient (Wildman–Crippen LogP) is 24.0. The van der Waals surface area contributed by atoms with E-state index in [4.69, 9.17) is 18.9 Å². The molecule has 96 heavy (non-hydrogen) atoms. The smallest absolute Gasteiger partial charge is 0.343 e. The van der Waals surface area contributed by atoms with Crippen molar-refractivity contribution in [1.82, 2.24) is 0 Å². The molecule has 9 aromatic rings. The van der Waals surface area contributed by atoms with Crippen LogP contribution in [0.3, 0.4) is 0 Å². The third kappa shape index (κ3) is 24.6. The molecule has 0 aromatic heterocycles. The minimum Gasteiger partial charge on any atom is -0.494 e. The lowest BCUT2D eigenvalue weighted by atomic mass is 10.00. The lowest BCUT2D eigenvalue weighted by Crippen LogP contribution is -2.09. The summed E-state index contributed by atoms with van der Waals surface area (Å²) >= 11 is 0. The third-order valence-electron chi connectivity index (χ3n) is 16.8. The van der Waals surface area contributed by atoms with Gasteiger partial charge in [-0.05, 0) is 211 Å². The van der Waals surface area contributed by atoms with Crippen LogP contribution in [0.2, 0.25) is 0 Å². The van der Waals surface area contributed by atoms with Crippen molar-refractivity contribution in [1.29, 1.82) is 0 Å². The number of rotatable bonds is 32. The van der Waals surface area contributed by atoms with E-state index in [1.165, 1.54) is 107 Å². The van der Waals surface area contributed by atoms with Crippen molar-refractivity contribution in [2.45, 2.75) is 176 Å². The van der Waals surface area contributed by atoms with Gasteiger partial charge in [-0.2, -0.15) is 0 Å². The topological polar surface area (TPSA) is 88.1 Å². The zero-order valence-corrected chi connectivity index (χ0v) is 56.9. The molecular formula is C85H94F4O7. The van der Waals surface area contributed by atoms with Crippen LogP contribution in [0, 0.1) is 37.1 Å². The van der Waals surface area contributed by atoms with Crippen LogP contribution in [-0.2, 0) is 19.3 Å². The van der Waals surface area contributed by atoms with Gasteiger partial charge in [-0.3, -0.25) is 0 Å². The van der Waals surface area contributed by atoms with Crippen molar-refractivity contribution < 1.29 is 50.9 Å². The van der Waals surface area contributed by atoms with E-state index in [0.717, 1.165) is 121 Å². The summed E-state index contributed by atoms with van der Waals surface area (Å²) in [6.07, 6.45) is 24.6. The van der Waals surface area contributed by atoms with Crippen LogP contribution < -0.4 is 18.9 Å². The highest BCUT2D eigenvalue weighted by Gasteiger charge is 2.17. The largest absolute Gasteiger partial charge is 0.494 e. The fraction of sp³-hybridized carbons (Fsp3) is 0.329. The SMILES string of the molecule is CCCCCCCCOc1ccc(-c2ccc(C(=O)Oc3ccc(CCCCC)cc3F)cc2)cc1.CCCCCCCCc1ccc(-c2ccc(C(=O)Oc3ccc(CCCCC)cc3F)cc2)cc1.Cc1ccc(OC(=O)c2ccc(-c3ccc(C)c(F)c3)cc2)c(F)c1. The van der Waals surface area contributed by atoms with Crippen LogP contribution in [-0.4, -0.2) is 24.5 Å². The summed E-state index contributed by atoms with van der Waals surface area (Å²) in [7, 11) is 0. The van der Waals surface area contributed by atoms with E-state index >= 15 is 0 Å². The van der Waals surface area contributed by atoms with Crippen molar-refractivity contribution >= 4 is 17.9 Å². The maximum Gasteiger partial charge on any atom is 0.343 e. The van der Waals surface area contributed by atoms with Gasteiger partial charge in [0.05, 0.1) is 23.3 Å². The summed E-state index contributed by atoms with van der Waals surface area (Å²) in [5.41, 5.74) is 11.3. The molecule has 0 atom stereocenters. The number of carbonyl (C=O) groups is 3. The molecule has 11 heteroatoms. The van der Waals surface area contributed by atoms with Gasteiger partial charge in [-0.1, -0.05) is 221 Å². The van der Waals surface area contributed by atoms with E-state index in [0.29, 0.717) is 22.3 Å². The summed E-state index contributed by atoms with van der Waals surface area (Å²) in [5.74, 6) is -2.95. The summed E-state index contributed by atoms with van der Waals surface area (Å²) in [6, 6.07) is 56.7. The molecule has 0 heterocycles. The Morgan fingerprint density at radius 2 is 0.625 bits per heavy atom. The maximum absolute atomic E-state index is 14.4. The van der Waals surface area contributed by atoms with Crippen molar-refractivity contribution in [2.24, 2.45) is 0 Å². The fourth-order valence-corrected chi connectivity index (χ4v) is 10.8. The molecule has 9 aromatic carbocycles. The fourth-order valence-electron chi connectivity index (χ4n) is 10.8. The van der Waals surface area contributed by atoms with Gasteiger partial charge in [-0.25, -0.2) is 31.9 Å². The summed E-state index contributed by atoms with van der Waals surface area (Å²) in [6.45, 7) is 12.9. The van der Waals surface area contributed by atoms with Crippen LogP contribution in [0.5, 0.6) is 23.0 Å². The molecule has 0 unspecified atom stereocenters. The Morgan fingerprint density at radius 3 is 1.04 bits per heavy atom. The van der Waals surface area contributed by atoms with E-state index in [9.17, 15) is 31.9 Å². The van der Waals surface area contributed by atoms with Crippen molar-refractivity contribution in [2.75, 3.05) is 6.61 Å². The highest BCUT2D eigenvalue weighted by atomic mass is 19.1. The molecule has 0 N–H and O–H groups in total. The molecule has 0 spiro atoms. The van der Waals surface area contributed by atoms with Crippen LogP contribution in [0.1, 0.15) is 202 Å². The monoisotopic (exact) mass is 1300 g/mol. The molecule has 0 aliphatic carbocycles. The number of aryl methyl sites for hydroxylation is 5. The van der Waals surface area contributed by atoms with E-state index in [2.05, 4.69) is 52.0 Å². The molecule has 0 radical (unpaired) electrons. The number of unbranched alkanes of at least 4 members (excludes halogenated alkanes) is 14. The third-order valence-corrected chi connectivity index (χ3v) is 16.8. The standard InChI is InChI=1S/C32H39FO3.C32H39FO2.C21H16F2O2/c1-3-5-7-8-9-11-23-35-29-20-18-27(19-21-29)26-14-16-28(17-15-26)32(34)36-31-22-13-25(24-30(31)33)12-10-6-4-2;1-3-5-7-8-9-11-12-25-14-17-27(18-15-25)28-19-21-29(22-20-28)32(34)35-31-23-16-26(24-30(31)33)13-10-6-4-2;1-13-3-10-20(19(23)11-13)25-21(24)16-8-6-15(7-9-16)17-5-4-14(2)18(22)12-17/h13-22,24H,3-12,23H2,1-2H3;14-24H,3-13H2,1-2H3;3-12H,1-2H3. The van der Waals surface area contributed by atoms with Gasteiger partial charge in [0.2, 0.25) is 0 Å². The van der Waals surface area contributed by atoms with Gasteiger partial charge in [0.25, 0.3) is 0 Å². The molecule has 0 bridgehead atoms. The maximum atomic E-state index is 14.4. The van der Waals surface area contributed by atoms with Crippen LogP contribution in [0.15, 0.2) is 194 Å². The molecule has 504 valence electrons. The quantitative estimate of drug-likeness (QED) is 0.0180. The Kier molecular flexibility index (Phi) is 31.2. The second-order valence-electron chi connectivity index (χ2n) is 24.6. The summed E-state index contributed by atoms with van der Waals surface area (Å²) in [5, 5.41) is 0. The molecule has 0 saturated carbocycles. The number of carbonyl (C=O) groups excluding carboxylic acids is 3. The van der Waals surface area contributed by atoms with Gasteiger partial charge >= 0.3 is 17.9 Å². The Bertz CT molecular complexity index is 3830. The van der Waals surface area contributed by atoms with Gasteiger partial charge in [0, 0.05) is 0 Å². The molecule has 9 rings (SSSR count). The molecular weight excluding hydrogens is 1210 g/mol. The van der Waals surface area contributed by atoms with Gasteiger partial charge < -0.3 is 18.9 Å². The Balaban J connectivity index is 0.000000207. The van der Waals surface area contributed by atoms with E-state index in [1.54, 1.807) is 86.6 Å². The lowest BCUT2D eigenvalue weighted by molar-refractivity contribution is 0.0718. The molecule has 0 fully saturated rings. The first-order chi connectivity index (χ1) is 46.6. The zero-order chi connectivity index (χ0) is 68.4. The van der Waals surface area contributed by atoms with Crippen molar-refractivity contribution in [3.05, 3.63) is 262 Å². The molecule has 7 nitrogen and oxygen atoms in total. The zero-order valence-electron chi connectivity index (χ0n) is 56.9. The Hall–Kier alpha value is -9.09. The number of ether oxygens (including phenoxy) is 4. The van der Waals surface area contributed by atoms with E-state index < -0.39 is 35.4 Å². The van der Waals surface area contributed by atoms with Gasteiger partial charge in [0.15, 0.2) is 34.7 Å². The number of hydrogen-bond acceptors (Lipinski definition) is 7. The first-order valence-corrected chi connectivity index (χ1v) is 34.5. The second kappa shape index (κ2) is 40.3. The van der Waals surface area contributed by atoms with Crippen LogP contribution in [0.25, 0.3) is 33.4 Å². The van der Waals surface area contributed by atoms with Gasteiger partial charge in [-0.15, -0.1) is 0 Å². The average molecular weight is 1300 g/mol. The normalized spacial score (nSPS) is 10.8. The Morgan fingerprint density at radius 1 is 0.302 bits per heavy atom. The molecule has 0 amide bonds. The number of halogens is 4. The summed E-state index contributed by atoms with van der Waals surface area (Å²) < 4.78 is 77.9. The van der Waals surface area contributed by atoms with Crippen LogP contribution >= 0.6 is 0 Å². The minimum atomic E-state index is -0.649. The second-order valence-corrected chi connectivity index (χ2v) is 24.6. The first-order valence-electron chi connectivity index (χ1n) is 34.5. The first kappa shape index (κ1) is 74.3. The highest BCUT2D eigenvalue weighted by Crippen LogP contribution is 2.29. The number of hydrogen-bond donors (Lipinski definition) is 0. The highest BCUT2D eigenvalue weighted by molar-refractivity contribution is 5.93. The van der Waals surface area contributed by atoms with E-state index in [1.807, 2.05) is 66.7 Å². The van der Waals surface area contributed by atoms with Crippen LogP contribution in [0.4, 0.5) is 17.6 Å². The number of esters is 3.